The number of unbranched alkanes of at least 4 members (excludes halogenated alkanes) is 1. The lowest BCUT2D eigenvalue weighted by Crippen LogP contribution is -2.13. The molecule has 0 heterocycles. The molecule has 574 valence electrons. The Kier molecular flexibility index (Phi) is 33.4. The normalized spacial score (nSPS) is 10.0. The van der Waals surface area contributed by atoms with Gasteiger partial charge in [0.05, 0.1) is 54.7 Å². The maximum atomic E-state index is 12.4. The van der Waals surface area contributed by atoms with E-state index in [2.05, 4.69) is 4.74 Å². The third-order valence-corrected chi connectivity index (χ3v) is 14.9. The summed E-state index contributed by atoms with van der Waals surface area (Å²) < 4.78 is 51.3. The molecule has 0 spiro atoms. The van der Waals surface area contributed by atoms with E-state index in [1.54, 1.807) is 73.7 Å². The first-order valence-corrected chi connectivity index (χ1v) is 34.4. The zero-order chi connectivity index (χ0) is 80.7. The Labute approximate surface area is 642 Å². The minimum atomic E-state index is -0.631. The van der Waals surface area contributed by atoms with Gasteiger partial charge in [0.15, 0.2) is 0 Å². The van der Waals surface area contributed by atoms with E-state index in [0.29, 0.717) is 19.6 Å². The number of carbonyl (C=O) groups excluding carboxylic acids is 10. The van der Waals surface area contributed by atoms with Gasteiger partial charge in [-0.05, 0) is 207 Å². The van der Waals surface area contributed by atoms with E-state index in [4.69, 9.17) is 47.7 Å². The molecule has 0 amide bonds. The Balaban J connectivity index is 0.000000195. The molecule has 25 heteroatoms. The molecule has 112 heavy (non-hydrogen) atoms. The van der Waals surface area contributed by atoms with Crippen molar-refractivity contribution in [1.29, 1.82) is 0 Å². The number of ether oxygens (including phenoxy) is 10. The number of para-hydroxylation sites is 5. The number of carbonyl (C=O) groups is 10. The van der Waals surface area contributed by atoms with Gasteiger partial charge in [0.2, 0.25) is 0 Å². The summed E-state index contributed by atoms with van der Waals surface area (Å²) in [5.41, 5.74) is 3.12. The summed E-state index contributed by atoms with van der Waals surface area (Å²) in [7, 11) is 1.25. The van der Waals surface area contributed by atoms with Crippen LogP contribution < -0.4 is 23.7 Å². The summed E-state index contributed by atoms with van der Waals surface area (Å²) in [6, 6.07) is 69.4. The van der Waals surface area contributed by atoms with Crippen LogP contribution in [-0.4, -0.2) is 112 Å². The molecule has 0 radical (unpaired) electrons. The number of benzene rings is 11. The second-order valence-corrected chi connectivity index (χ2v) is 23.1. The Morgan fingerprint density at radius 3 is 0.750 bits per heavy atom. The summed E-state index contributed by atoms with van der Waals surface area (Å²) in [5.74, 6) is -4.94. The highest BCUT2D eigenvalue weighted by molar-refractivity contribution is 6.00. The molecule has 0 aromatic heterocycles. The predicted octanol–water partition coefficient (Wildman–Crippen LogP) is 15.9. The summed E-state index contributed by atoms with van der Waals surface area (Å²) in [6.45, 7) is 6.59. The smallest absolute Gasteiger partial charge is 0.343 e. The molecule has 11 aromatic carbocycles. The van der Waals surface area contributed by atoms with Crippen molar-refractivity contribution in [1.82, 2.24) is 0 Å². The number of hydrogen-bond donors (Lipinski definition) is 5. The fourth-order valence-corrected chi connectivity index (χ4v) is 9.18. The van der Waals surface area contributed by atoms with Gasteiger partial charge in [-0.15, -0.1) is 0 Å². The molecule has 0 aliphatic heterocycles. The van der Waals surface area contributed by atoms with Crippen LogP contribution in [0.15, 0.2) is 273 Å². The number of methoxy groups -OCH3 is 1. The Bertz CT molecular complexity index is 4960. The average molecular weight is 1520 g/mol. The zero-order valence-corrected chi connectivity index (χ0v) is 60.8. The molecule has 0 unspecified atom stereocenters. The second kappa shape index (κ2) is 44.3. The molecule has 0 saturated heterocycles. The van der Waals surface area contributed by atoms with Gasteiger partial charge in [-0.1, -0.05) is 111 Å². The summed E-state index contributed by atoms with van der Waals surface area (Å²) in [6.07, 6.45) is 2.41. The first kappa shape index (κ1) is 84.4. The van der Waals surface area contributed by atoms with E-state index in [0.717, 1.165) is 18.4 Å². The number of aromatic hydroxyl groups is 5. The highest BCUT2D eigenvalue weighted by atomic mass is 16.6. The Morgan fingerprint density at radius 1 is 0.250 bits per heavy atom. The molecule has 25 nitrogen and oxygen atoms in total. The van der Waals surface area contributed by atoms with Crippen molar-refractivity contribution in [3.8, 4) is 57.5 Å². The summed E-state index contributed by atoms with van der Waals surface area (Å²) in [4.78, 5) is 120. The van der Waals surface area contributed by atoms with Crippen molar-refractivity contribution in [2.24, 2.45) is 0 Å². The van der Waals surface area contributed by atoms with Gasteiger partial charge in [-0.2, -0.15) is 0 Å². The van der Waals surface area contributed by atoms with Gasteiger partial charge in [-0.25, -0.2) is 47.9 Å². The zero-order valence-electron chi connectivity index (χ0n) is 60.8. The van der Waals surface area contributed by atoms with Crippen molar-refractivity contribution in [2.45, 2.75) is 46.6 Å². The molecule has 0 bridgehead atoms. The van der Waals surface area contributed by atoms with Crippen molar-refractivity contribution < 1.29 is 121 Å². The second-order valence-electron chi connectivity index (χ2n) is 23.1. The van der Waals surface area contributed by atoms with E-state index in [9.17, 15) is 68.4 Å². The fourth-order valence-electron chi connectivity index (χ4n) is 9.18. The maximum Gasteiger partial charge on any atom is 0.343 e. The third-order valence-electron chi connectivity index (χ3n) is 14.9. The van der Waals surface area contributed by atoms with Gasteiger partial charge in [0.25, 0.3) is 0 Å². The molecular formula is C87H76O25. The molecule has 11 aromatic rings. The van der Waals surface area contributed by atoms with Gasteiger partial charge in [-0.3, -0.25) is 0 Å². The number of rotatable bonds is 23. The average Bonchev–Trinajstić information content (AvgIpc) is 0.991. The first-order valence-electron chi connectivity index (χ1n) is 34.4. The van der Waals surface area contributed by atoms with Gasteiger partial charge in [0.1, 0.15) is 91.9 Å². The lowest BCUT2D eigenvalue weighted by Gasteiger charge is -2.10. The monoisotopic (exact) mass is 1520 g/mol. The van der Waals surface area contributed by atoms with Crippen LogP contribution in [0.4, 0.5) is 0 Å². The standard InChI is InChI=1S/C21H16O5.C18H18O5.C17H16O5.C16H14O5.C15H12O5/c22-17-12-10-16(11-13-17)20(23)26-19-9-5-4-8-18(19)21(24)25-14-15-6-2-1-3-7-15;1-2-3-12-22-18(21)15-6-4-5-7-16(15)23-17(20)13-8-10-14(19)11-9-13;1-2-11-21-17(20)14-5-3-4-6-15(14)22-16(19)12-7-9-13(18)10-8-12;1-2-20-16(19)13-5-3-4-6-14(13)21-15(18)11-7-9-12(17)10-8-11;1-19-15(18)12-4-2-3-5-13(12)20-14(17)10-6-8-11(16)9-7-10/h1-13,22H,14H2;4-11,19H,2-3,12H2,1H3;3-10,18H,2,11H2,1H3;3-10,17H,2H2,1H3;2-9,16H,1H3. The van der Waals surface area contributed by atoms with E-state index < -0.39 is 59.7 Å². The topological polar surface area (TPSA) is 364 Å². The molecule has 11 rings (SSSR count). The summed E-state index contributed by atoms with van der Waals surface area (Å²) in [5, 5.41) is 46.1. The highest BCUT2D eigenvalue weighted by Gasteiger charge is 2.23. The van der Waals surface area contributed by atoms with Gasteiger partial charge < -0.3 is 72.9 Å². The largest absolute Gasteiger partial charge is 0.508 e. The fraction of sp³-hybridized carbons (Fsp3) is 0.126. The lowest BCUT2D eigenvalue weighted by atomic mass is 10.2. The maximum absolute atomic E-state index is 12.4. The van der Waals surface area contributed by atoms with Crippen LogP contribution in [0.5, 0.6) is 57.5 Å². The molecular weight excluding hydrogens is 1440 g/mol. The number of phenols is 5. The molecule has 0 fully saturated rings. The van der Waals surface area contributed by atoms with Gasteiger partial charge >= 0.3 is 59.7 Å². The van der Waals surface area contributed by atoms with Crippen LogP contribution in [0.2, 0.25) is 0 Å². The van der Waals surface area contributed by atoms with Crippen LogP contribution in [0.3, 0.4) is 0 Å². The van der Waals surface area contributed by atoms with Crippen molar-refractivity contribution in [3.63, 3.8) is 0 Å². The Hall–Kier alpha value is -14.9. The quantitative estimate of drug-likeness (QED) is 0.0172. The Morgan fingerprint density at radius 2 is 0.491 bits per heavy atom. The molecule has 5 N–H and O–H groups in total. The highest BCUT2D eigenvalue weighted by Crippen LogP contribution is 2.28. The van der Waals surface area contributed by atoms with Crippen LogP contribution >= 0.6 is 0 Å². The number of phenolic OH excluding ortho intramolecular Hbond substituents is 5. The van der Waals surface area contributed by atoms with Crippen LogP contribution in [-0.2, 0) is 30.3 Å². The SMILES string of the molecule is CCCCOC(=O)c1ccccc1OC(=O)c1ccc(O)cc1.CCCOC(=O)c1ccccc1OC(=O)c1ccc(O)cc1.CCOC(=O)c1ccccc1OC(=O)c1ccc(O)cc1.COC(=O)c1ccccc1OC(=O)c1ccc(O)cc1.O=C(Oc1ccccc1C(=O)OCc1ccccc1)c1ccc(O)cc1. The van der Waals surface area contributed by atoms with E-state index in [1.165, 1.54) is 183 Å². The van der Waals surface area contributed by atoms with Crippen LogP contribution in [0.1, 0.15) is 149 Å². The van der Waals surface area contributed by atoms with E-state index in [-0.39, 0.29) is 126 Å². The summed E-state index contributed by atoms with van der Waals surface area (Å²) >= 11 is 0. The molecule has 0 aliphatic carbocycles. The number of esters is 10. The van der Waals surface area contributed by atoms with Crippen molar-refractivity contribution in [3.05, 3.63) is 334 Å². The van der Waals surface area contributed by atoms with Crippen LogP contribution in [0.25, 0.3) is 0 Å². The molecule has 0 atom stereocenters. The molecule has 0 saturated carbocycles. The minimum Gasteiger partial charge on any atom is -0.508 e. The van der Waals surface area contributed by atoms with Crippen molar-refractivity contribution in [2.75, 3.05) is 26.9 Å². The minimum absolute atomic E-state index is 0.0476. The van der Waals surface area contributed by atoms with Gasteiger partial charge in [0, 0.05) is 0 Å². The first-order chi connectivity index (χ1) is 54.1. The van der Waals surface area contributed by atoms with Crippen molar-refractivity contribution >= 4 is 59.7 Å². The molecule has 0 aliphatic rings. The lowest BCUT2D eigenvalue weighted by molar-refractivity contribution is 0.0461. The van der Waals surface area contributed by atoms with Crippen LogP contribution in [0, 0.1) is 0 Å². The van der Waals surface area contributed by atoms with E-state index in [1.807, 2.05) is 44.2 Å². The predicted molar refractivity (Wildman–Crippen MR) is 406 cm³/mol. The number of hydrogen-bond acceptors (Lipinski definition) is 25. The van der Waals surface area contributed by atoms with E-state index >= 15 is 0 Å². The third kappa shape index (κ3) is 26.9.